The van der Waals surface area contributed by atoms with Crippen LogP contribution in [0.3, 0.4) is 0 Å². The molecule has 2 rings (SSSR count). The van der Waals surface area contributed by atoms with Gasteiger partial charge in [0.1, 0.15) is 5.76 Å². The molecule has 5 nitrogen and oxygen atoms in total. The lowest BCUT2D eigenvalue weighted by Crippen LogP contribution is -2.24. The van der Waals surface area contributed by atoms with Gasteiger partial charge in [-0.1, -0.05) is 19.1 Å². The normalized spacial score (nSPS) is 12.9. The highest BCUT2D eigenvalue weighted by atomic mass is 16.3. The van der Waals surface area contributed by atoms with E-state index in [2.05, 4.69) is 29.5 Å². The second-order valence-corrected chi connectivity index (χ2v) is 3.93. The maximum atomic E-state index is 5.49. The van der Waals surface area contributed by atoms with E-state index in [1.165, 1.54) is 5.56 Å². The molecule has 1 atom stereocenters. The summed E-state index contributed by atoms with van der Waals surface area (Å²) in [5.41, 5.74) is 2.21. The van der Waals surface area contributed by atoms with Gasteiger partial charge < -0.3 is 9.73 Å². The first-order chi connectivity index (χ1) is 8.27. The molecular weight excluding hydrogens is 216 g/mol. The van der Waals surface area contributed by atoms with Gasteiger partial charge in [-0.2, -0.15) is 0 Å². The van der Waals surface area contributed by atoms with Crippen molar-refractivity contribution in [2.75, 3.05) is 6.54 Å². The molecule has 0 bridgehead atoms. The van der Waals surface area contributed by atoms with Crippen molar-refractivity contribution in [3.05, 3.63) is 35.5 Å². The molecule has 0 radical (unpaired) electrons. The van der Waals surface area contributed by atoms with Crippen LogP contribution in [0.4, 0.5) is 0 Å². The third-order valence-corrected chi connectivity index (χ3v) is 2.87. The molecule has 1 N–H and O–H groups in total. The average molecular weight is 234 g/mol. The van der Waals surface area contributed by atoms with Crippen LogP contribution in [0, 0.1) is 0 Å². The van der Waals surface area contributed by atoms with E-state index in [0.29, 0.717) is 0 Å². The van der Waals surface area contributed by atoms with E-state index < -0.39 is 0 Å². The summed E-state index contributed by atoms with van der Waals surface area (Å²) in [6, 6.07) is 2.10. The predicted octanol–water partition coefficient (Wildman–Crippen LogP) is 1.67. The van der Waals surface area contributed by atoms with E-state index >= 15 is 0 Å². The van der Waals surface area contributed by atoms with Gasteiger partial charge in [0.15, 0.2) is 0 Å². The number of rotatable bonds is 5. The van der Waals surface area contributed by atoms with E-state index in [1.54, 1.807) is 17.1 Å². The van der Waals surface area contributed by atoms with Crippen LogP contribution in [0.5, 0.6) is 0 Å². The van der Waals surface area contributed by atoms with Crippen LogP contribution in [0.25, 0.3) is 0 Å². The number of aromatic nitrogens is 3. The van der Waals surface area contributed by atoms with Crippen molar-refractivity contribution in [3.8, 4) is 0 Å². The lowest BCUT2D eigenvalue weighted by Gasteiger charge is -2.17. The third kappa shape index (κ3) is 2.24. The van der Waals surface area contributed by atoms with Crippen LogP contribution in [0.1, 0.15) is 36.9 Å². The fraction of sp³-hybridized carbons (Fsp3) is 0.500. The fourth-order valence-electron chi connectivity index (χ4n) is 2.03. The second-order valence-electron chi connectivity index (χ2n) is 3.93. The maximum absolute atomic E-state index is 5.49. The van der Waals surface area contributed by atoms with Crippen LogP contribution in [0.2, 0.25) is 0 Å². The van der Waals surface area contributed by atoms with E-state index in [1.807, 2.05) is 13.1 Å². The largest absolute Gasteiger partial charge is 0.469 e. The van der Waals surface area contributed by atoms with Crippen LogP contribution in [0.15, 0.2) is 22.9 Å². The Hall–Kier alpha value is -1.62. The first-order valence-electron chi connectivity index (χ1n) is 5.92. The maximum Gasteiger partial charge on any atom is 0.108 e. The Morgan fingerprint density at radius 1 is 1.47 bits per heavy atom. The highest BCUT2D eigenvalue weighted by Crippen LogP contribution is 2.25. The predicted molar refractivity (Wildman–Crippen MR) is 64.6 cm³/mol. The molecule has 0 aromatic carbocycles. The highest BCUT2D eigenvalue weighted by molar-refractivity contribution is 5.28. The van der Waals surface area contributed by atoms with Crippen LogP contribution in [-0.4, -0.2) is 21.5 Å². The quantitative estimate of drug-likeness (QED) is 0.855. The van der Waals surface area contributed by atoms with E-state index in [-0.39, 0.29) is 6.04 Å². The molecule has 0 saturated heterocycles. The van der Waals surface area contributed by atoms with Crippen LogP contribution >= 0.6 is 0 Å². The molecule has 92 valence electrons. The van der Waals surface area contributed by atoms with E-state index in [4.69, 9.17) is 4.42 Å². The van der Waals surface area contributed by atoms with Gasteiger partial charge >= 0.3 is 0 Å². The van der Waals surface area contributed by atoms with Gasteiger partial charge in [0.2, 0.25) is 0 Å². The summed E-state index contributed by atoms with van der Waals surface area (Å²) in [7, 11) is 1.90. The molecule has 0 fully saturated rings. The molecule has 0 spiro atoms. The number of aryl methyl sites for hydroxylation is 2. The second kappa shape index (κ2) is 5.14. The minimum atomic E-state index is 0.0914. The third-order valence-electron chi connectivity index (χ3n) is 2.87. The van der Waals surface area contributed by atoms with Crippen LogP contribution in [-0.2, 0) is 13.5 Å². The standard InChI is InChI=1S/C12H18N4O/c1-4-11-9(6-7-17-11)12(13-5-2)10-8-14-15-16(10)3/h6-8,12-13H,4-5H2,1-3H3. The minimum absolute atomic E-state index is 0.0914. The zero-order chi connectivity index (χ0) is 12.3. The average Bonchev–Trinajstić information content (AvgIpc) is 2.94. The Bertz CT molecular complexity index is 474. The smallest absolute Gasteiger partial charge is 0.108 e. The number of hydrogen-bond acceptors (Lipinski definition) is 4. The Balaban J connectivity index is 2.39. The Kier molecular flexibility index (Phi) is 3.58. The Labute approximate surface area is 101 Å². The first-order valence-corrected chi connectivity index (χ1v) is 5.92. The molecule has 0 aliphatic rings. The zero-order valence-corrected chi connectivity index (χ0v) is 10.5. The summed E-state index contributed by atoms with van der Waals surface area (Å²) in [6.07, 6.45) is 4.41. The Morgan fingerprint density at radius 3 is 2.88 bits per heavy atom. The van der Waals surface area contributed by atoms with Gasteiger partial charge in [0.05, 0.1) is 24.2 Å². The van der Waals surface area contributed by atoms with Gasteiger partial charge in [0, 0.05) is 19.0 Å². The van der Waals surface area contributed by atoms with Gasteiger partial charge in [-0.3, -0.25) is 4.68 Å². The SMILES string of the molecule is CCNC(c1ccoc1CC)c1cnnn1C. The van der Waals surface area contributed by atoms with Gasteiger partial charge in [-0.05, 0) is 12.6 Å². The lowest BCUT2D eigenvalue weighted by atomic mass is 10.0. The van der Waals surface area contributed by atoms with Crippen molar-refractivity contribution in [1.82, 2.24) is 20.3 Å². The molecular formula is C12H18N4O. The topological polar surface area (TPSA) is 55.9 Å². The lowest BCUT2D eigenvalue weighted by molar-refractivity contribution is 0.496. The summed E-state index contributed by atoms with van der Waals surface area (Å²) in [6.45, 7) is 5.06. The molecule has 2 aromatic rings. The van der Waals surface area contributed by atoms with Crippen LogP contribution < -0.4 is 5.32 Å². The fourth-order valence-corrected chi connectivity index (χ4v) is 2.03. The number of hydrogen-bond donors (Lipinski definition) is 1. The van der Waals surface area contributed by atoms with Crippen molar-refractivity contribution in [1.29, 1.82) is 0 Å². The van der Waals surface area contributed by atoms with Crippen molar-refractivity contribution >= 4 is 0 Å². The van der Waals surface area contributed by atoms with Crippen molar-refractivity contribution in [2.45, 2.75) is 26.3 Å². The summed E-state index contributed by atoms with van der Waals surface area (Å²) < 4.78 is 7.28. The summed E-state index contributed by atoms with van der Waals surface area (Å²) in [4.78, 5) is 0. The molecule has 1 unspecified atom stereocenters. The summed E-state index contributed by atoms with van der Waals surface area (Å²) in [5, 5.41) is 11.4. The van der Waals surface area contributed by atoms with Crippen molar-refractivity contribution in [3.63, 3.8) is 0 Å². The molecule has 0 aliphatic carbocycles. The molecule has 5 heteroatoms. The molecule has 0 aliphatic heterocycles. The summed E-state index contributed by atoms with van der Waals surface area (Å²) >= 11 is 0. The zero-order valence-electron chi connectivity index (χ0n) is 10.5. The molecule has 2 aromatic heterocycles. The number of furan rings is 1. The summed E-state index contributed by atoms with van der Waals surface area (Å²) in [5.74, 6) is 1.01. The number of nitrogens with one attached hydrogen (secondary N) is 1. The van der Waals surface area contributed by atoms with Crippen molar-refractivity contribution < 1.29 is 4.42 Å². The van der Waals surface area contributed by atoms with E-state index in [9.17, 15) is 0 Å². The van der Waals surface area contributed by atoms with Gasteiger partial charge in [-0.15, -0.1) is 5.10 Å². The molecule has 2 heterocycles. The monoisotopic (exact) mass is 234 g/mol. The highest BCUT2D eigenvalue weighted by Gasteiger charge is 2.21. The molecule has 17 heavy (non-hydrogen) atoms. The Morgan fingerprint density at radius 2 is 2.29 bits per heavy atom. The van der Waals surface area contributed by atoms with Crippen molar-refractivity contribution in [2.24, 2.45) is 7.05 Å². The van der Waals surface area contributed by atoms with Gasteiger partial charge in [-0.25, -0.2) is 0 Å². The van der Waals surface area contributed by atoms with Gasteiger partial charge in [0.25, 0.3) is 0 Å². The molecule has 0 amide bonds. The first kappa shape index (κ1) is 11.9. The molecule has 0 saturated carbocycles. The van der Waals surface area contributed by atoms with E-state index in [0.717, 1.165) is 24.4 Å². The number of nitrogens with zero attached hydrogens (tertiary/aromatic N) is 3. The minimum Gasteiger partial charge on any atom is -0.469 e.